The first-order valence-corrected chi connectivity index (χ1v) is 10.8. The summed E-state index contributed by atoms with van der Waals surface area (Å²) in [6.07, 6.45) is 9.56. The quantitative estimate of drug-likeness (QED) is 0.384. The maximum absolute atomic E-state index is 6.79. The molecule has 0 heterocycles. The molecule has 4 saturated carbocycles. The number of hydrogen-bond acceptors (Lipinski definition) is 1. The molecule has 0 radical (unpaired) electrons. The van der Waals surface area contributed by atoms with Crippen molar-refractivity contribution in [3.05, 3.63) is 29.8 Å². The summed E-state index contributed by atoms with van der Waals surface area (Å²) in [6.45, 7) is 4.61. The lowest BCUT2D eigenvalue weighted by Gasteiger charge is -2.60. The zero-order chi connectivity index (χ0) is 16.0. The van der Waals surface area contributed by atoms with Crippen LogP contribution >= 0.6 is 22.6 Å². The molecular formula is C21H29IO. The van der Waals surface area contributed by atoms with Gasteiger partial charge in [-0.3, -0.25) is 0 Å². The SMILES string of the molecule is CCC(I)c1ccc(OC2(CC)C3CC4CC(C3)CC2C4)cc1. The molecule has 5 rings (SSSR count). The smallest absolute Gasteiger partial charge is 0.120 e. The second-order valence-electron chi connectivity index (χ2n) is 8.16. The molecule has 0 aliphatic heterocycles. The summed E-state index contributed by atoms with van der Waals surface area (Å²) in [5.41, 5.74) is 1.56. The molecule has 1 unspecified atom stereocenters. The van der Waals surface area contributed by atoms with Gasteiger partial charge in [0.05, 0.1) is 0 Å². The summed E-state index contributed by atoms with van der Waals surface area (Å²) < 4.78 is 7.41. The van der Waals surface area contributed by atoms with Crippen LogP contribution in [0.5, 0.6) is 5.75 Å². The van der Waals surface area contributed by atoms with Crippen LogP contribution in [0.1, 0.15) is 68.3 Å². The molecule has 1 nitrogen and oxygen atoms in total. The summed E-state index contributed by atoms with van der Waals surface area (Å²) >= 11 is 2.54. The van der Waals surface area contributed by atoms with Crippen molar-refractivity contribution in [3.8, 4) is 5.75 Å². The molecule has 4 fully saturated rings. The predicted octanol–water partition coefficient (Wildman–Crippen LogP) is 6.56. The van der Waals surface area contributed by atoms with Crippen molar-refractivity contribution < 1.29 is 4.74 Å². The van der Waals surface area contributed by atoms with E-state index >= 15 is 0 Å². The van der Waals surface area contributed by atoms with Gasteiger partial charge in [-0.05, 0) is 86.3 Å². The first kappa shape index (κ1) is 16.2. The van der Waals surface area contributed by atoms with Crippen LogP contribution in [0.3, 0.4) is 0 Å². The highest BCUT2D eigenvalue weighted by Crippen LogP contribution is 2.60. The lowest BCUT2D eigenvalue weighted by Crippen LogP contribution is -2.60. The second-order valence-corrected chi connectivity index (χ2v) is 9.66. The number of ether oxygens (including phenoxy) is 1. The van der Waals surface area contributed by atoms with Gasteiger partial charge in [0.15, 0.2) is 0 Å². The van der Waals surface area contributed by atoms with E-state index in [1.807, 2.05) is 0 Å². The van der Waals surface area contributed by atoms with Crippen LogP contribution in [-0.4, -0.2) is 5.60 Å². The summed E-state index contributed by atoms with van der Waals surface area (Å²) in [4.78, 5) is 0. The molecule has 4 aliphatic carbocycles. The summed E-state index contributed by atoms with van der Waals surface area (Å²) in [6, 6.07) is 8.99. The van der Waals surface area contributed by atoms with Crippen LogP contribution in [0, 0.1) is 23.7 Å². The Hall–Kier alpha value is -0.250. The van der Waals surface area contributed by atoms with Gasteiger partial charge >= 0.3 is 0 Å². The topological polar surface area (TPSA) is 9.23 Å². The van der Waals surface area contributed by atoms with Gasteiger partial charge in [-0.15, -0.1) is 0 Å². The number of alkyl halides is 1. The van der Waals surface area contributed by atoms with E-state index in [0.717, 1.165) is 29.4 Å². The Morgan fingerprint density at radius 3 is 2.04 bits per heavy atom. The second kappa shape index (κ2) is 6.24. The van der Waals surface area contributed by atoms with Crippen molar-refractivity contribution in [1.29, 1.82) is 0 Å². The van der Waals surface area contributed by atoms with Gasteiger partial charge in [0.1, 0.15) is 11.4 Å². The minimum atomic E-state index is 0.128. The molecule has 2 heteroatoms. The fourth-order valence-electron chi connectivity index (χ4n) is 6.00. The summed E-state index contributed by atoms with van der Waals surface area (Å²) in [5.74, 6) is 4.72. The number of rotatable bonds is 5. The Balaban J connectivity index is 1.56. The van der Waals surface area contributed by atoms with Gasteiger partial charge in [0, 0.05) is 3.92 Å². The van der Waals surface area contributed by atoms with Crippen LogP contribution in [0.15, 0.2) is 24.3 Å². The third-order valence-corrected chi connectivity index (χ3v) is 8.58. The van der Waals surface area contributed by atoms with E-state index in [0.29, 0.717) is 3.92 Å². The Labute approximate surface area is 154 Å². The van der Waals surface area contributed by atoms with E-state index in [2.05, 4.69) is 60.7 Å². The van der Waals surface area contributed by atoms with Crippen LogP contribution in [0.25, 0.3) is 0 Å². The lowest BCUT2D eigenvalue weighted by atomic mass is 9.49. The van der Waals surface area contributed by atoms with E-state index in [1.165, 1.54) is 50.5 Å². The zero-order valence-corrected chi connectivity index (χ0v) is 16.6. The molecule has 0 saturated heterocycles. The van der Waals surface area contributed by atoms with E-state index in [4.69, 9.17) is 4.74 Å². The molecule has 0 amide bonds. The highest BCUT2D eigenvalue weighted by Gasteiger charge is 2.57. The Morgan fingerprint density at radius 2 is 1.57 bits per heavy atom. The van der Waals surface area contributed by atoms with Crippen molar-refractivity contribution >= 4 is 22.6 Å². The monoisotopic (exact) mass is 424 g/mol. The Morgan fingerprint density at radius 1 is 1.00 bits per heavy atom. The molecule has 23 heavy (non-hydrogen) atoms. The third-order valence-electron chi connectivity index (χ3n) is 6.98. The van der Waals surface area contributed by atoms with Crippen LogP contribution < -0.4 is 4.74 Å². The van der Waals surface area contributed by atoms with Crippen LogP contribution in [0.4, 0.5) is 0 Å². The highest BCUT2D eigenvalue weighted by atomic mass is 127. The van der Waals surface area contributed by atoms with E-state index in [1.54, 1.807) is 0 Å². The van der Waals surface area contributed by atoms with Crippen molar-refractivity contribution in [2.75, 3.05) is 0 Å². The fraction of sp³-hybridized carbons (Fsp3) is 0.714. The molecule has 0 N–H and O–H groups in total. The van der Waals surface area contributed by atoms with Crippen molar-refractivity contribution in [2.45, 2.75) is 68.3 Å². The average Bonchev–Trinajstić information content (AvgIpc) is 2.57. The molecule has 1 aromatic carbocycles. The predicted molar refractivity (Wildman–Crippen MR) is 104 cm³/mol. The first-order chi connectivity index (χ1) is 11.1. The molecule has 126 valence electrons. The van der Waals surface area contributed by atoms with Gasteiger partial charge in [0.2, 0.25) is 0 Å². The molecular weight excluding hydrogens is 395 g/mol. The minimum Gasteiger partial charge on any atom is -0.487 e. The van der Waals surface area contributed by atoms with Gasteiger partial charge in [-0.25, -0.2) is 0 Å². The molecule has 1 aromatic rings. The molecule has 4 aliphatic rings. The van der Waals surface area contributed by atoms with E-state index < -0.39 is 0 Å². The lowest BCUT2D eigenvalue weighted by molar-refractivity contribution is -0.157. The maximum Gasteiger partial charge on any atom is 0.120 e. The number of benzene rings is 1. The van der Waals surface area contributed by atoms with Crippen molar-refractivity contribution in [3.63, 3.8) is 0 Å². The van der Waals surface area contributed by atoms with Crippen molar-refractivity contribution in [1.82, 2.24) is 0 Å². The van der Waals surface area contributed by atoms with Crippen LogP contribution in [-0.2, 0) is 0 Å². The third kappa shape index (κ3) is 2.73. The molecule has 0 aromatic heterocycles. The zero-order valence-electron chi connectivity index (χ0n) is 14.4. The molecule has 1 atom stereocenters. The highest BCUT2D eigenvalue weighted by molar-refractivity contribution is 14.1. The van der Waals surface area contributed by atoms with Gasteiger partial charge in [0.25, 0.3) is 0 Å². The summed E-state index contributed by atoms with van der Waals surface area (Å²) in [7, 11) is 0. The van der Waals surface area contributed by atoms with Crippen LogP contribution in [0.2, 0.25) is 0 Å². The first-order valence-electron chi connectivity index (χ1n) is 9.57. The van der Waals surface area contributed by atoms with E-state index in [9.17, 15) is 0 Å². The minimum absolute atomic E-state index is 0.128. The normalized spacial score (nSPS) is 39.4. The fourth-order valence-corrected chi connectivity index (χ4v) is 6.41. The Bertz CT molecular complexity index is 521. The summed E-state index contributed by atoms with van der Waals surface area (Å²) in [5, 5.41) is 0. The molecule has 4 bridgehead atoms. The van der Waals surface area contributed by atoms with Gasteiger partial charge in [-0.1, -0.05) is 48.6 Å². The Kier molecular flexibility index (Phi) is 4.40. The van der Waals surface area contributed by atoms with Crippen molar-refractivity contribution in [2.24, 2.45) is 23.7 Å². The standard InChI is InChI=1S/C21H29IO/c1-3-20(22)16-5-7-19(8-6-16)23-21(4-2)17-10-14-9-15(12-17)13-18(21)11-14/h5-8,14-15,17-18,20H,3-4,9-13H2,1-2H3. The largest absolute Gasteiger partial charge is 0.487 e. The maximum atomic E-state index is 6.79. The van der Waals surface area contributed by atoms with Gasteiger partial charge < -0.3 is 4.74 Å². The number of halogens is 1. The van der Waals surface area contributed by atoms with Gasteiger partial charge in [-0.2, -0.15) is 0 Å². The van der Waals surface area contributed by atoms with E-state index in [-0.39, 0.29) is 5.60 Å². The number of hydrogen-bond donors (Lipinski definition) is 0. The average molecular weight is 424 g/mol. The molecule has 0 spiro atoms.